The predicted molar refractivity (Wildman–Crippen MR) is 77.5 cm³/mol. The highest BCUT2D eigenvalue weighted by Gasteiger charge is 2.07. The summed E-state index contributed by atoms with van der Waals surface area (Å²) >= 11 is 0. The van der Waals surface area contributed by atoms with Crippen molar-refractivity contribution in [2.45, 2.75) is 6.54 Å². The van der Waals surface area contributed by atoms with Crippen LogP contribution in [0.3, 0.4) is 0 Å². The first-order chi connectivity index (χ1) is 9.62. The van der Waals surface area contributed by atoms with Gasteiger partial charge in [0.1, 0.15) is 11.6 Å². The molecule has 5 N–H and O–H groups in total. The molecule has 0 unspecified atom stereocenters. The number of rotatable bonds is 4. The summed E-state index contributed by atoms with van der Waals surface area (Å²) in [4.78, 5) is 9.98. The Labute approximate surface area is 116 Å². The maximum absolute atomic E-state index is 8.89. The molecule has 0 aliphatic rings. The van der Waals surface area contributed by atoms with Crippen molar-refractivity contribution >= 4 is 17.6 Å². The second-order valence-electron chi connectivity index (χ2n) is 4.28. The highest BCUT2D eigenvalue weighted by atomic mass is 15.3. The van der Waals surface area contributed by atoms with Gasteiger partial charge >= 0.3 is 0 Å². The lowest BCUT2D eigenvalue weighted by molar-refractivity contribution is 0.893. The van der Waals surface area contributed by atoms with Crippen molar-refractivity contribution < 1.29 is 0 Å². The van der Waals surface area contributed by atoms with Crippen LogP contribution in [0.4, 0.5) is 17.6 Å². The Morgan fingerprint density at radius 1 is 1.35 bits per heavy atom. The molecule has 1 aromatic heterocycles. The third-order valence-electron chi connectivity index (χ3n) is 2.74. The van der Waals surface area contributed by atoms with Gasteiger partial charge in [-0.25, -0.2) is 5.84 Å². The molecule has 0 saturated heterocycles. The number of aromatic nitrogens is 2. The molecular weight excluding hydrogens is 254 g/mol. The number of nitrogens with zero attached hydrogens (tertiary/aromatic N) is 4. The zero-order chi connectivity index (χ0) is 14.5. The van der Waals surface area contributed by atoms with Crippen molar-refractivity contribution in [3.05, 3.63) is 41.5 Å². The lowest BCUT2D eigenvalue weighted by Gasteiger charge is -2.19. The van der Waals surface area contributed by atoms with Gasteiger partial charge in [0.15, 0.2) is 0 Å². The molecule has 0 fully saturated rings. The number of nitrogens with two attached hydrogens (primary N) is 2. The van der Waals surface area contributed by atoms with Gasteiger partial charge in [-0.2, -0.15) is 15.2 Å². The average Bonchev–Trinajstić information content (AvgIpc) is 2.46. The minimum atomic E-state index is 0.146. The van der Waals surface area contributed by atoms with Crippen molar-refractivity contribution in [1.29, 1.82) is 5.26 Å². The lowest BCUT2D eigenvalue weighted by atomic mass is 10.1. The summed E-state index contributed by atoms with van der Waals surface area (Å²) in [6, 6.07) is 11.2. The maximum Gasteiger partial charge on any atom is 0.223 e. The summed E-state index contributed by atoms with van der Waals surface area (Å²) in [7, 11) is 1.88. The number of hydrogen-bond acceptors (Lipinski definition) is 7. The largest absolute Gasteiger partial charge is 0.368 e. The Bertz CT molecular complexity index is 647. The first-order valence-electron chi connectivity index (χ1n) is 5.93. The second kappa shape index (κ2) is 5.86. The second-order valence-corrected chi connectivity index (χ2v) is 4.28. The van der Waals surface area contributed by atoms with E-state index in [1.165, 1.54) is 0 Å². The highest BCUT2D eigenvalue weighted by molar-refractivity contribution is 5.52. The van der Waals surface area contributed by atoms with Gasteiger partial charge in [-0.05, 0) is 17.7 Å². The summed E-state index contributed by atoms with van der Waals surface area (Å²) in [6.07, 6.45) is 0. The van der Waals surface area contributed by atoms with Gasteiger partial charge in [0.05, 0.1) is 11.6 Å². The van der Waals surface area contributed by atoms with Crippen LogP contribution in [-0.4, -0.2) is 17.0 Å². The van der Waals surface area contributed by atoms with E-state index in [0.29, 0.717) is 23.7 Å². The Hall–Kier alpha value is -2.85. The third kappa shape index (κ3) is 3.13. The third-order valence-corrected chi connectivity index (χ3v) is 2.74. The molecular formula is C13H15N7. The molecule has 0 saturated carbocycles. The van der Waals surface area contributed by atoms with E-state index in [1.54, 1.807) is 12.1 Å². The first-order valence-corrected chi connectivity index (χ1v) is 5.93. The fraction of sp³-hybridized carbons (Fsp3) is 0.154. The van der Waals surface area contributed by atoms with Crippen LogP contribution in [0, 0.1) is 11.3 Å². The van der Waals surface area contributed by atoms with Crippen molar-refractivity contribution in [2.24, 2.45) is 5.84 Å². The number of anilines is 3. The molecule has 0 atom stereocenters. The van der Waals surface area contributed by atoms with Crippen molar-refractivity contribution in [1.82, 2.24) is 9.97 Å². The van der Waals surface area contributed by atoms with Gasteiger partial charge in [-0.1, -0.05) is 12.1 Å². The molecule has 0 bridgehead atoms. The van der Waals surface area contributed by atoms with E-state index >= 15 is 0 Å². The molecule has 0 aliphatic carbocycles. The van der Waals surface area contributed by atoms with Crippen molar-refractivity contribution in [3.63, 3.8) is 0 Å². The molecule has 0 amide bonds. The van der Waals surface area contributed by atoms with E-state index in [0.717, 1.165) is 5.56 Å². The number of nitriles is 1. The number of hydrazine groups is 1. The van der Waals surface area contributed by atoms with Gasteiger partial charge in [0.2, 0.25) is 5.95 Å². The number of nitrogens with one attached hydrogen (secondary N) is 1. The quantitative estimate of drug-likeness (QED) is 0.556. The van der Waals surface area contributed by atoms with Crippen LogP contribution in [0.5, 0.6) is 0 Å². The molecule has 7 nitrogen and oxygen atoms in total. The molecule has 0 aliphatic heterocycles. The lowest BCUT2D eigenvalue weighted by Crippen LogP contribution is -2.20. The standard InChI is InChI=1S/C13H15N7/c1-20(8-10-4-2-3-9(5-10)7-14)12-6-11(19-16)17-13(15)18-12/h2-6H,8,16H2,1H3,(H3,15,17,18,19). The average molecular weight is 269 g/mol. The Morgan fingerprint density at radius 2 is 2.15 bits per heavy atom. The molecule has 7 heteroatoms. The number of nitrogen functional groups attached to an aromatic ring is 2. The topological polar surface area (TPSA) is 117 Å². The molecule has 2 rings (SSSR count). The van der Waals surface area contributed by atoms with Crippen LogP contribution in [0.15, 0.2) is 30.3 Å². The molecule has 0 radical (unpaired) electrons. The van der Waals surface area contributed by atoms with E-state index in [2.05, 4.69) is 21.5 Å². The van der Waals surface area contributed by atoms with Crippen LogP contribution in [0.25, 0.3) is 0 Å². The van der Waals surface area contributed by atoms with E-state index < -0.39 is 0 Å². The van der Waals surface area contributed by atoms with Crippen LogP contribution in [0.1, 0.15) is 11.1 Å². The fourth-order valence-corrected chi connectivity index (χ4v) is 1.82. The minimum absolute atomic E-state index is 0.146. The van der Waals surface area contributed by atoms with E-state index in [4.69, 9.17) is 16.8 Å². The van der Waals surface area contributed by atoms with Gasteiger partial charge in [0, 0.05) is 19.7 Å². The van der Waals surface area contributed by atoms with E-state index in [9.17, 15) is 0 Å². The van der Waals surface area contributed by atoms with Crippen LogP contribution in [0.2, 0.25) is 0 Å². The zero-order valence-electron chi connectivity index (χ0n) is 11.0. The SMILES string of the molecule is CN(Cc1cccc(C#N)c1)c1cc(NN)nc(N)n1. The van der Waals surface area contributed by atoms with Gasteiger partial charge in [-0.3, -0.25) is 0 Å². The fourth-order valence-electron chi connectivity index (χ4n) is 1.82. The highest BCUT2D eigenvalue weighted by Crippen LogP contribution is 2.17. The molecule has 0 spiro atoms. The summed E-state index contributed by atoms with van der Waals surface area (Å²) in [5, 5.41) is 8.89. The number of benzene rings is 1. The smallest absolute Gasteiger partial charge is 0.223 e. The molecule has 2 aromatic rings. The Kier molecular flexibility index (Phi) is 3.98. The van der Waals surface area contributed by atoms with Crippen LogP contribution in [-0.2, 0) is 6.54 Å². The van der Waals surface area contributed by atoms with Crippen molar-refractivity contribution in [3.8, 4) is 6.07 Å². The van der Waals surface area contributed by atoms with Crippen molar-refractivity contribution in [2.75, 3.05) is 23.1 Å². The summed E-state index contributed by atoms with van der Waals surface area (Å²) < 4.78 is 0. The molecule has 102 valence electrons. The Balaban J connectivity index is 2.21. The van der Waals surface area contributed by atoms with Gasteiger partial charge < -0.3 is 16.1 Å². The summed E-state index contributed by atoms with van der Waals surface area (Å²) in [5.41, 5.74) is 9.70. The monoisotopic (exact) mass is 269 g/mol. The first kappa shape index (κ1) is 13.6. The van der Waals surface area contributed by atoms with Gasteiger partial charge in [-0.15, -0.1) is 0 Å². The van der Waals surface area contributed by atoms with Gasteiger partial charge in [0.25, 0.3) is 0 Å². The van der Waals surface area contributed by atoms with Crippen LogP contribution < -0.4 is 21.9 Å². The maximum atomic E-state index is 8.89. The molecule has 20 heavy (non-hydrogen) atoms. The van der Waals surface area contributed by atoms with E-state index in [1.807, 2.05) is 30.1 Å². The normalized spacial score (nSPS) is 9.85. The molecule has 1 aromatic carbocycles. The summed E-state index contributed by atoms with van der Waals surface area (Å²) in [6.45, 7) is 0.593. The zero-order valence-corrected chi connectivity index (χ0v) is 11.0. The summed E-state index contributed by atoms with van der Waals surface area (Å²) in [5.74, 6) is 6.57. The van der Waals surface area contributed by atoms with Crippen LogP contribution >= 0.6 is 0 Å². The van der Waals surface area contributed by atoms with E-state index in [-0.39, 0.29) is 5.95 Å². The predicted octanol–water partition coefficient (Wildman–Crippen LogP) is 0.852. The molecule has 1 heterocycles. The number of hydrogen-bond donors (Lipinski definition) is 3. The Morgan fingerprint density at radius 3 is 2.85 bits per heavy atom. The minimum Gasteiger partial charge on any atom is -0.368 e.